The lowest BCUT2D eigenvalue weighted by atomic mass is 10.1. The molecule has 8 heteroatoms. The van der Waals surface area contributed by atoms with E-state index in [9.17, 15) is 9.59 Å². The van der Waals surface area contributed by atoms with Gasteiger partial charge in [0.05, 0.1) is 17.3 Å². The van der Waals surface area contributed by atoms with Crippen molar-refractivity contribution in [3.05, 3.63) is 75.1 Å². The number of aromatic nitrogens is 1. The molecule has 3 heterocycles. The maximum Gasteiger partial charge on any atom is 0.280 e. The van der Waals surface area contributed by atoms with Gasteiger partial charge in [-0.05, 0) is 51.6 Å². The number of hydrazine groups is 1. The number of carbonyl (C=O) groups is 2. The molecule has 6 nitrogen and oxygen atoms in total. The predicted octanol–water partition coefficient (Wildman–Crippen LogP) is 4.39. The maximum atomic E-state index is 12.7. The molecule has 1 aromatic carbocycles. The van der Waals surface area contributed by atoms with E-state index in [1.165, 1.54) is 11.3 Å². The summed E-state index contributed by atoms with van der Waals surface area (Å²) >= 11 is 4.58. The Morgan fingerprint density at radius 1 is 1.04 bits per heavy atom. The molecular formula is C19H12BrN3O3S. The Labute approximate surface area is 166 Å². The van der Waals surface area contributed by atoms with Crippen molar-refractivity contribution in [2.75, 3.05) is 0 Å². The van der Waals surface area contributed by atoms with E-state index in [4.69, 9.17) is 4.42 Å². The number of hydrogen-bond acceptors (Lipinski definition) is 5. The van der Waals surface area contributed by atoms with E-state index in [0.29, 0.717) is 37.3 Å². The molecule has 27 heavy (non-hydrogen) atoms. The Morgan fingerprint density at radius 2 is 1.85 bits per heavy atom. The molecule has 0 bridgehead atoms. The highest BCUT2D eigenvalue weighted by atomic mass is 79.9. The summed E-state index contributed by atoms with van der Waals surface area (Å²) in [5, 5.41) is 2.46. The fourth-order valence-corrected chi connectivity index (χ4v) is 4.05. The van der Waals surface area contributed by atoms with Crippen LogP contribution in [0.1, 0.15) is 20.0 Å². The molecule has 2 amide bonds. The third-order valence-corrected chi connectivity index (χ3v) is 5.68. The monoisotopic (exact) mass is 441 g/mol. The molecule has 0 spiro atoms. The van der Waals surface area contributed by atoms with Gasteiger partial charge in [-0.15, -0.1) is 11.3 Å². The highest BCUT2D eigenvalue weighted by molar-refractivity contribution is 9.10. The van der Waals surface area contributed by atoms with Crippen LogP contribution in [0.25, 0.3) is 22.4 Å². The smallest absolute Gasteiger partial charge is 0.280 e. The molecule has 0 aliphatic carbocycles. The minimum Gasteiger partial charge on any atom is -0.463 e. The van der Waals surface area contributed by atoms with Gasteiger partial charge >= 0.3 is 0 Å². The summed E-state index contributed by atoms with van der Waals surface area (Å²) in [6, 6.07) is 14.2. The minimum absolute atomic E-state index is 0.387. The first-order valence-electron chi connectivity index (χ1n) is 7.91. The Morgan fingerprint density at radius 3 is 2.59 bits per heavy atom. The van der Waals surface area contributed by atoms with E-state index >= 15 is 0 Å². The van der Waals surface area contributed by atoms with Gasteiger partial charge in [-0.2, -0.15) is 0 Å². The van der Waals surface area contributed by atoms with E-state index in [1.807, 2.05) is 18.2 Å². The van der Waals surface area contributed by atoms with E-state index in [1.54, 1.807) is 42.0 Å². The third kappa shape index (κ3) is 3.49. The van der Waals surface area contributed by atoms with Gasteiger partial charge in [0.25, 0.3) is 11.8 Å². The summed E-state index contributed by atoms with van der Waals surface area (Å²) in [5.41, 5.74) is 6.49. The zero-order valence-electron chi connectivity index (χ0n) is 13.7. The topological polar surface area (TPSA) is 84.2 Å². The molecule has 0 saturated carbocycles. The van der Waals surface area contributed by atoms with Crippen molar-refractivity contribution in [2.45, 2.75) is 0 Å². The first-order chi connectivity index (χ1) is 13.1. The van der Waals surface area contributed by atoms with Crippen molar-refractivity contribution >= 4 is 50.0 Å². The Balaban J connectivity index is 1.64. The zero-order chi connectivity index (χ0) is 18.8. The summed E-state index contributed by atoms with van der Waals surface area (Å²) in [4.78, 5) is 30.0. The van der Waals surface area contributed by atoms with Gasteiger partial charge in [0.1, 0.15) is 10.6 Å². The number of para-hydroxylation sites is 1. The van der Waals surface area contributed by atoms with Crippen LogP contribution in [0.2, 0.25) is 0 Å². The number of benzene rings is 1. The molecule has 0 aliphatic heterocycles. The second kappa shape index (κ2) is 7.34. The second-order valence-electron chi connectivity index (χ2n) is 5.56. The van der Waals surface area contributed by atoms with Gasteiger partial charge in [0.2, 0.25) is 0 Å². The number of furan rings is 1. The number of hydrogen-bond donors (Lipinski definition) is 2. The number of nitrogens with zero attached hydrogens (tertiary/aromatic N) is 1. The van der Waals surface area contributed by atoms with Crippen LogP contribution < -0.4 is 10.9 Å². The zero-order valence-corrected chi connectivity index (χ0v) is 16.1. The highest BCUT2D eigenvalue weighted by Crippen LogP contribution is 2.25. The van der Waals surface area contributed by atoms with Crippen LogP contribution in [0.3, 0.4) is 0 Å². The Kier molecular flexibility index (Phi) is 4.74. The number of thiophene rings is 1. The predicted molar refractivity (Wildman–Crippen MR) is 106 cm³/mol. The Hall–Kier alpha value is -2.97. The van der Waals surface area contributed by atoms with Crippen LogP contribution in [0, 0.1) is 0 Å². The third-order valence-electron chi connectivity index (χ3n) is 3.85. The fourth-order valence-electron chi connectivity index (χ4n) is 2.61. The maximum absolute atomic E-state index is 12.7. The van der Waals surface area contributed by atoms with Gasteiger partial charge in [-0.3, -0.25) is 20.4 Å². The normalized spacial score (nSPS) is 10.7. The van der Waals surface area contributed by atoms with Crippen molar-refractivity contribution in [2.24, 2.45) is 0 Å². The minimum atomic E-state index is -0.442. The molecule has 2 N–H and O–H groups in total. The molecule has 0 saturated heterocycles. The van der Waals surface area contributed by atoms with Gasteiger partial charge in [0, 0.05) is 9.86 Å². The Bertz CT molecular complexity index is 1140. The van der Waals surface area contributed by atoms with E-state index in [-0.39, 0.29) is 0 Å². The largest absolute Gasteiger partial charge is 0.463 e. The van der Waals surface area contributed by atoms with Crippen molar-refractivity contribution < 1.29 is 14.0 Å². The molecule has 3 aromatic heterocycles. The van der Waals surface area contributed by atoms with E-state index in [0.717, 1.165) is 0 Å². The van der Waals surface area contributed by atoms with Crippen molar-refractivity contribution in [1.82, 2.24) is 15.8 Å². The number of fused-ring (bicyclic) bond motifs is 1. The molecular weight excluding hydrogens is 430 g/mol. The standard InChI is InChI=1S/C19H12BrN3O3S/c20-13-7-9-27-17(13)19(25)23-22-18(24)12-10-15(16-6-3-8-26-16)21-14-5-2-1-4-11(12)14/h1-10H,(H,22,24)(H,23,25). The second-order valence-corrected chi connectivity index (χ2v) is 7.33. The number of amides is 2. The SMILES string of the molecule is O=C(NNC(=O)c1cc(-c2ccco2)nc2ccccc12)c1sccc1Br. The summed E-state index contributed by atoms with van der Waals surface area (Å²) < 4.78 is 6.07. The number of halogens is 1. The van der Waals surface area contributed by atoms with Crippen molar-refractivity contribution in [3.8, 4) is 11.5 Å². The highest BCUT2D eigenvalue weighted by Gasteiger charge is 2.17. The summed E-state index contributed by atoms with van der Waals surface area (Å²) in [7, 11) is 0. The molecule has 0 fully saturated rings. The molecule has 0 aliphatic rings. The van der Waals surface area contributed by atoms with Crippen molar-refractivity contribution in [1.29, 1.82) is 0 Å². The quantitative estimate of drug-likeness (QED) is 0.461. The van der Waals surface area contributed by atoms with Gasteiger partial charge in [0.15, 0.2) is 5.76 Å². The molecule has 0 atom stereocenters. The number of carbonyl (C=O) groups excluding carboxylic acids is 2. The van der Waals surface area contributed by atoms with Gasteiger partial charge < -0.3 is 4.42 Å². The van der Waals surface area contributed by atoms with Crippen LogP contribution in [0.4, 0.5) is 0 Å². The molecule has 134 valence electrons. The van der Waals surface area contributed by atoms with Gasteiger partial charge in [-0.25, -0.2) is 4.98 Å². The number of pyridine rings is 1. The van der Waals surface area contributed by atoms with Crippen LogP contribution in [-0.2, 0) is 0 Å². The average Bonchev–Trinajstić information content (AvgIpc) is 3.36. The fraction of sp³-hybridized carbons (Fsp3) is 0. The first kappa shape index (κ1) is 17.4. The number of nitrogens with one attached hydrogen (secondary N) is 2. The van der Waals surface area contributed by atoms with E-state index < -0.39 is 11.8 Å². The molecule has 0 radical (unpaired) electrons. The molecule has 4 aromatic rings. The average molecular weight is 442 g/mol. The van der Waals surface area contributed by atoms with Crippen LogP contribution in [0.15, 0.2) is 69.1 Å². The van der Waals surface area contributed by atoms with Gasteiger partial charge in [-0.1, -0.05) is 18.2 Å². The summed E-state index contributed by atoms with van der Waals surface area (Å²) in [5.74, 6) is -0.279. The van der Waals surface area contributed by atoms with Crippen LogP contribution >= 0.6 is 27.3 Å². The number of rotatable bonds is 3. The lowest BCUT2D eigenvalue weighted by molar-refractivity contribution is 0.0849. The molecule has 4 rings (SSSR count). The van der Waals surface area contributed by atoms with Crippen LogP contribution in [0.5, 0.6) is 0 Å². The lowest BCUT2D eigenvalue weighted by Gasteiger charge is -2.10. The summed E-state index contributed by atoms with van der Waals surface area (Å²) in [6.07, 6.45) is 1.55. The first-order valence-corrected chi connectivity index (χ1v) is 9.58. The van der Waals surface area contributed by atoms with E-state index in [2.05, 4.69) is 31.8 Å². The molecule has 0 unspecified atom stereocenters. The van der Waals surface area contributed by atoms with Crippen molar-refractivity contribution in [3.63, 3.8) is 0 Å². The van der Waals surface area contributed by atoms with Crippen LogP contribution in [-0.4, -0.2) is 16.8 Å². The lowest BCUT2D eigenvalue weighted by Crippen LogP contribution is -2.41. The summed E-state index contributed by atoms with van der Waals surface area (Å²) in [6.45, 7) is 0.